The quantitative estimate of drug-likeness (QED) is 0.776. The normalized spacial score (nSPS) is 23.0. The van der Waals surface area contributed by atoms with Crippen molar-refractivity contribution in [3.8, 4) is 6.07 Å². The van der Waals surface area contributed by atoms with Crippen LogP contribution in [0.3, 0.4) is 0 Å². The predicted octanol–water partition coefficient (Wildman–Crippen LogP) is 4.06. The van der Waals surface area contributed by atoms with Gasteiger partial charge in [0.2, 0.25) is 5.91 Å². The average Bonchev–Trinajstić information content (AvgIpc) is 2.74. The van der Waals surface area contributed by atoms with Crippen LogP contribution in [0.25, 0.3) is 0 Å². The molecule has 2 atom stereocenters. The molecule has 0 radical (unpaired) electrons. The fraction of sp³-hybridized carbons (Fsp3) is 0.500. The molecular formula is C18H19ClN2O3S. The number of carbonyl (C=O) groups excluding carboxylic acids is 1. The summed E-state index contributed by atoms with van der Waals surface area (Å²) in [5, 5.41) is 22.8. The second kappa shape index (κ2) is 7.59. The number of allylic oxidation sites excluding steroid dienone is 2. The third-order valence-corrected chi connectivity index (χ3v) is 6.43. The van der Waals surface area contributed by atoms with E-state index >= 15 is 0 Å². The van der Waals surface area contributed by atoms with Crippen LogP contribution in [0.5, 0.6) is 0 Å². The molecule has 1 amide bonds. The molecule has 5 nitrogen and oxygen atoms in total. The number of halogens is 1. The third-order valence-electron chi connectivity index (χ3n) is 4.92. The zero-order valence-electron chi connectivity index (χ0n) is 13.7. The molecule has 25 heavy (non-hydrogen) atoms. The Morgan fingerprint density at radius 3 is 2.76 bits per heavy atom. The summed E-state index contributed by atoms with van der Waals surface area (Å²) in [4.78, 5) is 25.3. The van der Waals surface area contributed by atoms with Crippen LogP contribution >= 0.6 is 22.9 Å². The van der Waals surface area contributed by atoms with Crippen molar-refractivity contribution in [1.29, 1.82) is 5.26 Å². The minimum atomic E-state index is -0.997. The van der Waals surface area contributed by atoms with Crippen LogP contribution in [0.4, 0.5) is 5.00 Å². The van der Waals surface area contributed by atoms with E-state index in [1.54, 1.807) is 6.08 Å². The number of thiophene rings is 1. The molecular weight excluding hydrogens is 360 g/mol. The molecule has 0 unspecified atom stereocenters. The molecule has 1 aromatic rings. The van der Waals surface area contributed by atoms with Crippen LogP contribution in [-0.2, 0) is 22.4 Å². The van der Waals surface area contributed by atoms with Gasteiger partial charge in [-0.3, -0.25) is 9.59 Å². The largest absolute Gasteiger partial charge is 0.481 e. The first-order valence-electron chi connectivity index (χ1n) is 8.44. The van der Waals surface area contributed by atoms with Crippen molar-refractivity contribution in [3.05, 3.63) is 27.1 Å². The van der Waals surface area contributed by atoms with Crippen LogP contribution in [0.1, 0.15) is 48.1 Å². The highest BCUT2D eigenvalue weighted by Crippen LogP contribution is 2.38. The van der Waals surface area contributed by atoms with Crippen molar-refractivity contribution >= 4 is 39.8 Å². The first kappa shape index (κ1) is 18.0. The van der Waals surface area contributed by atoms with E-state index in [2.05, 4.69) is 11.4 Å². The monoisotopic (exact) mass is 378 g/mol. The molecule has 1 aromatic heterocycles. The number of rotatable bonds is 3. The SMILES string of the molecule is N#Cc1c(NC(=O)[C@@H]2CC(Cl)=CC[C@H]2C(=O)O)sc2c1CCCCC2. The number of nitrogens with one attached hydrogen (secondary N) is 1. The molecule has 0 fully saturated rings. The van der Waals surface area contributed by atoms with Gasteiger partial charge in [-0.15, -0.1) is 11.3 Å². The van der Waals surface area contributed by atoms with Gasteiger partial charge in [-0.25, -0.2) is 0 Å². The number of hydrogen-bond acceptors (Lipinski definition) is 4. The zero-order chi connectivity index (χ0) is 18.0. The van der Waals surface area contributed by atoms with E-state index in [9.17, 15) is 20.0 Å². The molecule has 0 aromatic carbocycles. The highest BCUT2D eigenvalue weighted by Gasteiger charge is 2.36. The smallest absolute Gasteiger partial charge is 0.307 e. The van der Waals surface area contributed by atoms with Gasteiger partial charge >= 0.3 is 5.97 Å². The Morgan fingerprint density at radius 1 is 1.28 bits per heavy atom. The maximum atomic E-state index is 12.7. The van der Waals surface area contributed by atoms with Crippen LogP contribution in [-0.4, -0.2) is 17.0 Å². The van der Waals surface area contributed by atoms with Crippen molar-refractivity contribution < 1.29 is 14.7 Å². The van der Waals surface area contributed by atoms with Crippen molar-refractivity contribution in [2.75, 3.05) is 5.32 Å². The van der Waals surface area contributed by atoms with Gasteiger partial charge in [-0.2, -0.15) is 5.26 Å². The molecule has 132 valence electrons. The lowest BCUT2D eigenvalue weighted by Crippen LogP contribution is -2.35. The van der Waals surface area contributed by atoms with E-state index in [1.165, 1.54) is 16.2 Å². The maximum Gasteiger partial charge on any atom is 0.307 e. The zero-order valence-corrected chi connectivity index (χ0v) is 15.3. The van der Waals surface area contributed by atoms with Crippen molar-refractivity contribution in [1.82, 2.24) is 0 Å². The molecule has 2 aliphatic rings. The number of fused-ring (bicyclic) bond motifs is 1. The Balaban J connectivity index is 1.84. The highest BCUT2D eigenvalue weighted by molar-refractivity contribution is 7.16. The van der Waals surface area contributed by atoms with Crippen LogP contribution in [0, 0.1) is 23.2 Å². The van der Waals surface area contributed by atoms with Gasteiger partial charge in [-0.05, 0) is 44.1 Å². The molecule has 0 spiro atoms. The summed E-state index contributed by atoms with van der Waals surface area (Å²) < 4.78 is 0. The van der Waals surface area contributed by atoms with Gasteiger partial charge < -0.3 is 10.4 Å². The molecule has 0 saturated heterocycles. The van der Waals surface area contributed by atoms with E-state index in [1.807, 2.05) is 0 Å². The first-order chi connectivity index (χ1) is 12.0. The summed E-state index contributed by atoms with van der Waals surface area (Å²) in [6.45, 7) is 0. The fourth-order valence-corrected chi connectivity index (χ4v) is 5.05. The van der Waals surface area contributed by atoms with Crippen molar-refractivity contribution in [3.63, 3.8) is 0 Å². The Labute approximate surface area is 155 Å². The Morgan fingerprint density at radius 2 is 2.04 bits per heavy atom. The van der Waals surface area contributed by atoms with E-state index in [4.69, 9.17) is 11.6 Å². The van der Waals surface area contributed by atoms with E-state index < -0.39 is 17.8 Å². The summed E-state index contributed by atoms with van der Waals surface area (Å²) in [7, 11) is 0. The van der Waals surface area contributed by atoms with E-state index in [0.717, 1.165) is 37.7 Å². The summed E-state index contributed by atoms with van der Waals surface area (Å²) >= 11 is 7.48. The summed E-state index contributed by atoms with van der Waals surface area (Å²) in [5.74, 6) is -2.87. The van der Waals surface area contributed by atoms with Gasteiger partial charge in [0.1, 0.15) is 11.1 Å². The Hall–Kier alpha value is -1.84. The van der Waals surface area contributed by atoms with Crippen LogP contribution in [0.15, 0.2) is 11.1 Å². The second-order valence-electron chi connectivity index (χ2n) is 6.51. The number of carbonyl (C=O) groups is 2. The topological polar surface area (TPSA) is 90.2 Å². The predicted molar refractivity (Wildman–Crippen MR) is 96.7 cm³/mol. The van der Waals surface area contributed by atoms with Gasteiger partial charge in [0, 0.05) is 9.91 Å². The summed E-state index contributed by atoms with van der Waals surface area (Å²) in [6.07, 6.45) is 7.22. The van der Waals surface area contributed by atoms with Crippen molar-refractivity contribution in [2.24, 2.45) is 11.8 Å². The number of carboxylic acid groups (broad SMARTS) is 1. The van der Waals surface area contributed by atoms with Gasteiger partial charge in [0.25, 0.3) is 0 Å². The molecule has 3 rings (SSSR count). The van der Waals surface area contributed by atoms with Crippen LogP contribution < -0.4 is 5.32 Å². The molecule has 7 heteroatoms. The minimum absolute atomic E-state index is 0.220. The lowest BCUT2D eigenvalue weighted by molar-refractivity contribution is -0.146. The lowest BCUT2D eigenvalue weighted by Gasteiger charge is -2.25. The minimum Gasteiger partial charge on any atom is -0.481 e. The van der Waals surface area contributed by atoms with Gasteiger partial charge in [0.15, 0.2) is 0 Å². The molecule has 0 aliphatic heterocycles. The molecule has 2 aliphatic carbocycles. The first-order valence-corrected chi connectivity index (χ1v) is 9.63. The maximum absolute atomic E-state index is 12.7. The summed E-state index contributed by atoms with van der Waals surface area (Å²) in [5.41, 5.74) is 1.59. The Bertz CT molecular complexity index is 778. The second-order valence-corrected chi connectivity index (χ2v) is 8.10. The fourth-order valence-electron chi connectivity index (χ4n) is 3.56. The number of aryl methyl sites for hydroxylation is 1. The molecule has 2 N–H and O–H groups in total. The number of hydrogen-bond donors (Lipinski definition) is 2. The number of aliphatic carboxylic acids is 1. The third kappa shape index (κ3) is 3.73. The van der Waals surface area contributed by atoms with Crippen LogP contribution in [0.2, 0.25) is 0 Å². The number of anilines is 1. The average molecular weight is 379 g/mol. The Kier molecular flexibility index (Phi) is 5.45. The van der Waals surface area contributed by atoms with E-state index in [0.29, 0.717) is 15.6 Å². The standard InChI is InChI=1S/C18H19ClN2O3S/c19-10-6-7-12(18(23)24)13(8-10)16(22)21-17-14(9-20)11-4-2-1-3-5-15(11)25-17/h6,12-13H,1-5,7-8H2,(H,21,22)(H,23,24)/t12-,13-/m1/s1. The molecule has 0 saturated carbocycles. The van der Waals surface area contributed by atoms with Crippen molar-refractivity contribution in [2.45, 2.75) is 44.9 Å². The molecule has 0 bridgehead atoms. The number of nitrogens with zero attached hydrogens (tertiary/aromatic N) is 1. The molecule has 1 heterocycles. The number of nitriles is 1. The summed E-state index contributed by atoms with van der Waals surface area (Å²) in [6, 6.07) is 2.22. The number of carboxylic acids is 1. The van der Waals surface area contributed by atoms with Gasteiger partial charge in [-0.1, -0.05) is 24.1 Å². The van der Waals surface area contributed by atoms with Gasteiger partial charge in [0.05, 0.1) is 17.4 Å². The van der Waals surface area contributed by atoms with E-state index in [-0.39, 0.29) is 18.7 Å². The highest BCUT2D eigenvalue weighted by atomic mass is 35.5. The lowest BCUT2D eigenvalue weighted by atomic mass is 9.82. The number of amides is 1.